The molecule has 3 aromatic carbocycles. The van der Waals surface area contributed by atoms with E-state index in [0.717, 1.165) is 5.56 Å². The van der Waals surface area contributed by atoms with Gasteiger partial charge in [-0.25, -0.2) is 4.39 Å². The van der Waals surface area contributed by atoms with Crippen molar-refractivity contribution in [3.05, 3.63) is 95.8 Å². The van der Waals surface area contributed by atoms with E-state index in [0.29, 0.717) is 24.2 Å². The zero-order valence-electron chi connectivity index (χ0n) is 16.8. The lowest BCUT2D eigenvalue weighted by atomic mass is 9.80. The highest BCUT2D eigenvalue weighted by Crippen LogP contribution is 2.30. The molecule has 0 radical (unpaired) electrons. The first-order chi connectivity index (χ1) is 14.9. The highest BCUT2D eigenvalue weighted by atomic mass is 19.3. The normalized spacial score (nSPS) is 14.1. The number of rotatable bonds is 10. The molecule has 0 heterocycles. The van der Waals surface area contributed by atoms with E-state index in [2.05, 4.69) is 4.74 Å². The summed E-state index contributed by atoms with van der Waals surface area (Å²) in [6.07, 6.45) is -0.323. The summed E-state index contributed by atoms with van der Waals surface area (Å²) in [5.41, 5.74) is 6.81. The summed E-state index contributed by atoms with van der Waals surface area (Å²) in [7, 11) is 0. The second-order valence-electron chi connectivity index (χ2n) is 7.21. The van der Waals surface area contributed by atoms with Crippen molar-refractivity contribution < 1.29 is 27.8 Å². The van der Waals surface area contributed by atoms with Gasteiger partial charge in [-0.05, 0) is 60.4 Å². The Hall–Kier alpha value is -3.03. The van der Waals surface area contributed by atoms with Crippen LogP contribution in [0.1, 0.15) is 17.5 Å². The Labute approximate surface area is 179 Å². The summed E-state index contributed by atoms with van der Waals surface area (Å²) in [5.74, 6) is 0.242. The van der Waals surface area contributed by atoms with Crippen molar-refractivity contribution in [2.75, 3.05) is 6.61 Å². The smallest absolute Gasteiger partial charge is 0.387 e. The number of hydrogen-bond acceptors (Lipinski definition) is 4. The zero-order chi connectivity index (χ0) is 22.3. The molecule has 0 aromatic heterocycles. The fourth-order valence-corrected chi connectivity index (χ4v) is 3.29. The minimum absolute atomic E-state index is 0.00494. The summed E-state index contributed by atoms with van der Waals surface area (Å²) in [6, 6.07) is 20.9. The summed E-state index contributed by atoms with van der Waals surface area (Å²) >= 11 is 0. The lowest BCUT2D eigenvalue weighted by Crippen LogP contribution is -2.51. The number of nitrogens with two attached hydrogens (primary N) is 1. The fraction of sp³-hybridized carbons (Fsp3) is 0.250. The lowest BCUT2D eigenvalue weighted by Gasteiger charge is -2.35. The average molecular weight is 431 g/mol. The number of para-hydroxylation sites is 1. The van der Waals surface area contributed by atoms with Gasteiger partial charge in [0.15, 0.2) is 0 Å². The molecule has 0 saturated heterocycles. The molecule has 31 heavy (non-hydrogen) atoms. The number of aliphatic hydroxyl groups excluding tert-OH is 1. The first-order valence-electron chi connectivity index (χ1n) is 9.81. The highest BCUT2D eigenvalue weighted by molar-refractivity contribution is 5.33. The molecule has 2 unspecified atom stereocenters. The van der Waals surface area contributed by atoms with Crippen LogP contribution in [0.2, 0.25) is 0 Å². The molecular weight excluding hydrogens is 407 g/mol. The molecule has 0 bridgehead atoms. The van der Waals surface area contributed by atoms with Gasteiger partial charge in [0.2, 0.25) is 0 Å². The predicted octanol–water partition coefficient (Wildman–Crippen LogP) is 4.65. The van der Waals surface area contributed by atoms with E-state index in [-0.39, 0.29) is 18.2 Å². The Kier molecular flexibility index (Phi) is 7.55. The van der Waals surface area contributed by atoms with Crippen LogP contribution < -0.4 is 15.2 Å². The lowest BCUT2D eigenvalue weighted by molar-refractivity contribution is -0.0499. The number of benzene rings is 3. The van der Waals surface area contributed by atoms with Gasteiger partial charge < -0.3 is 20.3 Å². The number of hydrogen-bond donors (Lipinski definition) is 2. The van der Waals surface area contributed by atoms with Crippen LogP contribution in [-0.4, -0.2) is 24.4 Å². The quantitative estimate of drug-likeness (QED) is 0.490. The van der Waals surface area contributed by atoms with Gasteiger partial charge in [0.25, 0.3) is 0 Å². The molecule has 2 atom stereocenters. The minimum Gasteiger partial charge on any atom is -0.491 e. The Morgan fingerprint density at radius 2 is 1.52 bits per heavy atom. The van der Waals surface area contributed by atoms with Gasteiger partial charge in [-0.2, -0.15) is 8.78 Å². The number of ether oxygens (including phenoxy) is 2. The SMILES string of the molecule is NC(CCc1ccc(F)cc1)(c1ccc(OC(F)F)cc1)C(O)COc1ccccc1. The van der Waals surface area contributed by atoms with E-state index in [1.54, 1.807) is 36.4 Å². The Morgan fingerprint density at radius 1 is 0.871 bits per heavy atom. The monoisotopic (exact) mass is 431 g/mol. The van der Waals surface area contributed by atoms with Gasteiger partial charge in [-0.1, -0.05) is 42.5 Å². The van der Waals surface area contributed by atoms with Crippen molar-refractivity contribution >= 4 is 0 Å². The summed E-state index contributed by atoms with van der Waals surface area (Å²) in [4.78, 5) is 0. The third kappa shape index (κ3) is 6.23. The van der Waals surface area contributed by atoms with E-state index in [4.69, 9.17) is 10.5 Å². The van der Waals surface area contributed by atoms with Crippen molar-refractivity contribution in [3.8, 4) is 11.5 Å². The van der Waals surface area contributed by atoms with Crippen LogP contribution in [0.4, 0.5) is 13.2 Å². The summed E-state index contributed by atoms with van der Waals surface area (Å²) in [5, 5.41) is 11.0. The molecule has 0 amide bonds. The number of aliphatic hydroxyl groups is 1. The van der Waals surface area contributed by atoms with Crippen LogP contribution in [0.15, 0.2) is 78.9 Å². The minimum atomic E-state index is -2.93. The van der Waals surface area contributed by atoms with Gasteiger partial charge in [0.05, 0.1) is 5.54 Å². The van der Waals surface area contributed by atoms with Crippen molar-refractivity contribution in [2.45, 2.75) is 31.1 Å². The molecule has 4 nitrogen and oxygen atoms in total. The molecule has 0 fully saturated rings. The fourth-order valence-electron chi connectivity index (χ4n) is 3.29. The maximum absolute atomic E-state index is 13.2. The van der Waals surface area contributed by atoms with Crippen LogP contribution in [0.3, 0.4) is 0 Å². The molecule has 7 heteroatoms. The number of halogens is 3. The van der Waals surface area contributed by atoms with E-state index in [1.807, 2.05) is 18.2 Å². The molecule has 164 valence electrons. The highest BCUT2D eigenvalue weighted by Gasteiger charge is 2.36. The van der Waals surface area contributed by atoms with Gasteiger partial charge in [0.1, 0.15) is 30.0 Å². The Balaban J connectivity index is 1.79. The van der Waals surface area contributed by atoms with Crippen LogP contribution in [-0.2, 0) is 12.0 Å². The maximum Gasteiger partial charge on any atom is 0.387 e. The van der Waals surface area contributed by atoms with Crippen LogP contribution >= 0.6 is 0 Å². The van der Waals surface area contributed by atoms with Crippen molar-refractivity contribution in [3.63, 3.8) is 0 Å². The van der Waals surface area contributed by atoms with Crippen LogP contribution in [0.25, 0.3) is 0 Å². The van der Waals surface area contributed by atoms with Crippen LogP contribution in [0, 0.1) is 5.82 Å². The molecule has 3 N–H and O–H groups in total. The third-order valence-electron chi connectivity index (χ3n) is 5.10. The molecule has 0 aliphatic heterocycles. The van der Waals surface area contributed by atoms with Crippen molar-refractivity contribution in [1.82, 2.24) is 0 Å². The average Bonchev–Trinajstić information content (AvgIpc) is 2.77. The molecule has 3 rings (SSSR count). The molecule has 0 saturated carbocycles. The molecule has 3 aromatic rings. The van der Waals surface area contributed by atoms with Crippen molar-refractivity contribution in [2.24, 2.45) is 5.73 Å². The van der Waals surface area contributed by atoms with Crippen LogP contribution in [0.5, 0.6) is 11.5 Å². The molecule has 0 spiro atoms. The second kappa shape index (κ2) is 10.3. The van der Waals surface area contributed by atoms with E-state index >= 15 is 0 Å². The van der Waals surface area contributed by atoms with Crippen molar-refractivity contribution in [1.29, 1.82) is 0 Å². The molecule has 0 aliphatic carbocycles. The topological polar surface area (TPSA) is 64.7 Å². The summed E-state index contributed by atoms with van der Waals surface area (Å²) in [6.45, 7) is -3.00. The first-order valence-corrected chi connectivity index (χ1v) is 9.81. The van der Waals surface area contributed by atoms with E-state index < -0.39 is 18.3 Å². The largest absolute Gasteiger partial charge is 0.491 e. The first kappa shape index (κ1) is 22.7. The standard InChI is InChI=1S/C24H24F3NO3/c25-19-10-6-17(7-11-19)14-15-24(28,18-8-12-21(13-9-18)31-23(26)27)22(29)16-30-20-4-2-1-3-5-20/h1-13,22-23,29H,14-16,28H2. The van der Waals surface area contributed by atoms with Gasteiger partial charge in [-0.3, -0.25) is 0 Å². The van der Waals surface area contributed by atoms with Gasteiger partial charge in [-0.15, -0.1) is 0 Å². The third-order valence-corrected chi connectivity index (χ3v) is 5.10. The summed E-state index contributed by atoms with van der Waals surface area (Å²) < 4.78 is 48.2. The number of aryl methyl sites for hydroxylation is 1. The Morgan fingerprint density at radius 3 is 2.13 bits per heavy atom. The predicted molar refractivity (Wildman–Crippen MR) is 112 cm³/mol. The molecular formula is C24H24F3NO3. The molecule has 0 aliphatic rings. The maximum atomic E-state index is 13.2. The van der Waals surface area contributed by atoms with E-state index in [9.17, 15) is 18.3 Å². The Bertz CT molecular complexity index is 937. The van der Waals surface area contributed by atoms with Gasteiger partial charge >= 0.3 is 6.61 Å². The number of alkyl halides is 2. The van der Waals surface area contributed by atoms with E-state index in [1.165, 1.54) is 24.3 Å². The zero-order valence-corrected chi connectivity index (χ0v) is 16.8. The van der Waals surface area contributed by atoms with Gasteiger partial charge in [0, 0.05) is 0 Å². The second-order valence-corrected chi connectivity index (χ2v) is 7.21.